The molecule has 3 saturated carbocycles. The Morgan fingerprint density at radius 1 is 0.984 bits per heavy atom. The lowest BCUT2D eigenvalue weighted by Crippen LogP contribution is -2.65. The number of aromatic nitrogens is 1. The maximum absolute atomic E-state index is 16.3. The van der Waals surface area contributed by atoms with E-state index < -0.39 is 93.8 Å². The molecule has 5 amide bonds. The molecule has 16 nitrogen and oxygen atoms in total. The molecule has 2 aromatic rings. The number of imide groups is 1. The number of piperazine rings is 1. The summed E-state index contributed by atoms with van der Waals surface area (Å²) in [6, 6.07) is 2.43. The van der Waals surface area contributed by atoms with Crippen LogP contribution in [0.3, 0.4) is 0 Å². The Kier molecular flexibility index (Phi) is 12.8. The van der Waals surface area contributed by atoms with Crippen LogP contribution in [0, 0.1) is 23.1 Å². The first-order valence-electron chi connectivity index (χ1n) is 20.8. The van der Waals surface area contributed by atoms with Gasteiger partial charge < -0.3 is 39.1 Å². The SMILES string of the molecule is CCN1CCN(C(=O)NC(C(=O)NC(Cc2cccc(C(=O)OC(C)(C)C)c2OC)B2O[C@@H]3C[C@@H]4C[C@@H](C4(C)C)[C@]3(C)O2)c2nc(Cl)c(C(=O)OC(C)(C)C)cc2F)C(=O)C1=O. The highest BCUT2D eigenvalue weighted by molar-refractivity contribution is 6.48. The molecular formula is C43H56BClFN5O11. The molecule has 3 aliphatic carbocycles. The van der Waals surface area contributed by atoms with E-state index in [9.17, 15) is 28.8 Å². The van der Waals surface area contributed by atoms with Gasteiger partial charge in [0, 0.05) is 19.6 Å². The Hall–Kier alpha value is -4.81. The van der Waals surface area contributed by atoms with Gasteiger partial charge in [-0.3, -0.25) is 19.3 Å². The van der Waals surface area contributed by atoms with Crippen LogP contribution in [-0.4, -0.2) is 113 Å². The average Bonchev–Trinajstić information content (AvgIpc) is 3.54. The summed E-state index contributed by atoms with van der Waals surface area (Å²) in [6.07, 6.45) is 1.24. The van der Waals surface area contributed by atoms with Crippen LogP contribution in [0.25, 0.3) is 0 Å². The van der Waals surface area contributed by atoms with Crippen molar-refractivity contribution in [2.75, 3.05) is 26.7 Å². The lowest BCUT2D eigenvalue weighted by atomic mass is 9.43. The van der Waals surface area contributed by atoms with E-state index in [1.54, 1.807) is 66.7 Å². The molecule has 2 N–H and O–H groups in total. The number of likely N-dealkylation sites (N-methyl/N-ethyl adjacent to an activating group) is 1. The first-order chi connectivity index (χ1) is 28.8. The maximum atomic E-state index is 16.3. The third-order valence-electron chi connectivity index (χ3n) is 12.3. The number of rotatable bonds is 11. The molecule has 2 saturated heterocycles. The third kappa shape index (κ3) is 9.14. The van der Waals surface area contributed by atoms with Gasteiger partial charge in [0.05, 0.1) is 30.3 Å². The maximum Gasteiger partial charge on any atom is 0.482 e. The van der Waals surface area contributed by atoms with E-state index in [1.807, 2.05) is 6.92 Å². The van der Waals surface area contributed by atoms with E-state index in [0.29, 0.717) is 22.8 Å². The molecule has 7 rings (SSSR count). The second-order valence-corrected chi connectivity index (χ2v) is 19.4. The number of halogens is 2. The number of amides is 5. The van der Waals surface area contributed by atoms with Gasteiger partial charge in [-0.15, -0.1) is 0 Å². The Bertz CT molecular complexity index is 2160. The van der Waals surface area contributed by atoms with Crippen LogP contribution in [0.4, 0.5) is 9.18 Å². The lowest BCUT2D eigenvalue weighted by Gasteiger charge is -2.64. The zero-order chi connectivity index (χ0) is 45.9. The monoisotopic (exact) mass is 883 g/mol. The molecule has 2 unspecified atom stereocenters. The zero-order valence-corrected chi connectivity index (χ0v) is 37.9. The first-order valence-corrected chi connectivity index (χ1v) is 21.2. The van der Waals surface area contributed by atoms with Crippen molar-refractivity contribution in [3.05, 3.63) is 57.6 Å². The van der Waals surface area contributed by atoms with Gasteiger partial charge in [0.1, 0.15) is 39.2 Å². The van der Waals surface area contributed by atoms with Crippen molar-refractivity contribution < 1.29 is 56.7 Å². The van der Waals surface area contributed by atoms with Crippen molar-refractivity contribution in [2.45, 2.75) is 123 Å². The molecule has 1 aromatic heterocycles. The molecule has 0 spiro atoms. The van der Waals surface area contributed by atoms with E-state index in [2.05, 4.69) is 29.5 Å². The molecule has 19 heteroatoms. The average molecular weight is 884 g/mol. The van der Waals surface area contributed by atoms with Gasteiger partial charge in [-0.05, 0) is 110 Å². The Morgan fingerprint density at radius 3 is 2.23 bits per heavy atom. The van der Waals surface area contributed by atoms with Crippen molar-refractivity contribution in [2.24, 2.45) is 17.3 Å². The van der Waals surface area contributed by atoms with Crippen LogP contribution >= 0.6 is 11.6 Å². The minimum Gasteiger partial charge on any atom is -0.496 e. The van der Waals surface area contributed by atoms with Gasteiger partial charge >= 0.3 is 36.9 Å². The molecule has 62 heavy (non-hydrogen) atoms. The summed E-state index contributed by atoms with van der Waals surface area (Å²) in [7, 11) is 0.290. The summed E-state index contributed by atoms with van der Waals surface area (Å²) < 4.78 is 46.6. The van der Waals surface area contributed by atoms with E-state index >= 15 is 4.39 Å². The van der Waals surface area contributed by atoms with E-state index in [-0.39, 0.29) is 54.8 Å². The summed E-state index contributed by atoms with van der Waals surface area (Å²) in [4.78, 5) is 86.9. The van der Waals surface area contributed by atoms with Crippen molar-refractivity contribution in [1.82, 2.24) is 25.4 Å². The standard InChI is InChI=1S/C43H56BClFN5O11/c1-12-50-16-17-51(36(54)35(50)53)39(57)49-31(30-26(46)21-25(33(45)48-30)38(56)60-41(5,6)7)34(52)47-29(44-61-28-20-23-19-27(42(23,8)9)43(28,10)62-44)18-22-14-13-15-24(32(22)58-11)37(55)59-40(2,3)4/h13-15,21,23,27-29,31H,12,16-20H2,1-11H3,(H,47,52)(H,49,57)/t23-,27-,28+,29?,31?,43-/m0/s1. The smallest absolute Gasteiger partial charge is 0.482 e. The van der Waals surface area contributed by atoms with Crippen LogP contribution < -0.4 is 15.4 Å². The largest absolute Gasteiger partial charge is 0.496 e. The number of carbonyl (C=O) groups excluding carboxylic acids is 6. The predicted molar refractivity (Wildman–Crippen MR) is 224 cm³/mol. The molecule has 6 atom stereocenters. The highest BCUT2D eigenvalue weighted by atomic mass is 35.5. The van der Waals surface area contributed by atoms with Crippen LogP contribution in [0.1, 0.15) is 120 Å². The van der Waals surface area contributed by atoms with Gasteiger partial charge in [0.25, 0.3) is 0 Å². The van der Waals surface area contributed by atoms with Gasteiger partial charge in [-0.2, -0.15) is 0 Å². The van der Waals surface area contributed by atoms with Crippen molar-refractivity contribution in [1.29, 1.82) is 0 Å². The molecule has 2 aliphatic heterocycles. The number of hydrogen-bond acceptors (Lipinski definition) is 12. The van der Waals surface area contributed by atoms with E-state index in [0.717, 1.165) is 12.5 Å². The fourth-order valence-electron chi connectivity index (χ4n) is 9.06. The fraction of sp³-hybridized carbons (Fsp3) is 0.605. The number of ether oxygens (including phenoxy) is 3. The van der Waals surface area contributed by atoms with Crippen molar-refractivity contribution in [3.63, 3.8) is 0 Å². The molecular weight excluding hydrogens is 828 g/mol. The Balaban J connectivity index is 1.40. The molecule has 336 valence electrons. The molecule has 5 fully saturated rings. The van der Waals surface area contributed by atoms with E-state index in [4.69, 9.17) is 35.1 Å². The topological polar surface area (TPSA) is 192 Å². The van der Waals surface area contributed by atoms with Crippen LogP contribution in [0.15, 0.2) is 24.3 Å². The second-order valence-electron chi connectivity index (χ2n) is 19.1. The van der Waals surface area contributed by atoms with Gasteiger partial charge in [0.2, 0.25) is 5.91 Å². The number of nitrogens with zero attached hydrogens (tertiary/aromatic N) is 3. The minimum atomic E-state index is -2.01. The predicted octanol–water partition coefficient (Wildman–Crippen LogP) is 5.23. The second kappa shape index (κ2) is 17.1. The molecule has 0 radical (unpaired) electrons. The van der Waals surface area contributed by atoms with Gasteiger partial charge in [0.15, 0.2) is 6.04 Å². The first kappa shape index (κ1) is 46.7. The number of methoxy groups -OCH3 is 1. The quantitative estimate of drug-likeness (QED) is 0.130. The van der Waals surface area contributed by atoms with Crippen molar-refractivity contribution >= 4 is 54.4 Å². The van der Waals surface area contributed by atoms with Crippen LogP contribution in [-0.2, 0) is 39.6 Å². The minimum absolute atomic E-state index is 0.0234. The molecule has 5 aliphatic rings. The van der Waals surface area contributed by atoms with Crippen LogP contribution in [0.2, 0.25) is 5.15 Å². The summed E-state index contributed by atoms with van der Waals surface area (Å²) in [5, 5.41) is 4.74. The Labute approximate surface area is 366 Å². The van der Waals surface area contributed by atoms with Crippen LogP contribution in [0.5, 0.6) is 5.75 Å². The summed E-state index contributed by atoms with van der Waals surface area (Å²) in [5.41, 5.74) is -3.14. The Morgan fingerprint density at radius 2 is 1.63 bits per heavy atom. The number of para-hydroxylation sites is 1. The van der Waals surface area contributed by atoms with E-state index in [1.165, 1.54) is 12.0 Å². The summed E-state index contributed by atoms with van der Waals surface area (Å²) >= 11 is 6.46. The van der Waals surface area contributed by atoms with Crippen molar-refractivity contribution in [3.8, 4) is 5.75 Å². The number of nitrogens with one attached hydrogen (secondary N) is 2. The highest BCUT2D eigenvalue weighted by Gasteiger charge is 2.68. The molecule has 3 heterocycles. The zero-order valence-electron chi connectivity index (χ0n) is 37.1. The number of esters is 2. The van der Waals surface area contributed by atoms with Gasteiger partial charge in [-0.25, -0.2) is 23.8 Å². The van der Waals surface area contributed by atoms with Gasteiger partial charge in [-0.1, -0.05) is 37.6 Å². The fourth-order valence-corrected chi connectivity index (χ4v) is 9.28. The number of carbonyl (C=O) groups is 6. The normalized spacial score (nSPS) is 24.1. The molecule has 2 bridgehead atoms. The third-order valence-corrected chi connectivity index (χ3v) is 12.6. The molecule has 1 aromatic carbocycles. The number of pyridine rings is 1. The summed E-state index contributed by atoms with van der Waals surface area (Å²) in [6.45, 7) is 18.1. The number of hydrogen-bond donors (Lipinski definition) is 2. The lowest BCUT2D eigenvalue weighted by molar-refractivity contribution is -0.199. The summed E-state index contributed by atoms with van der Waals surface area (Å²) in [5.74, 6) is -6.37. The number of benzene rings is 1. The number of urea groups is 1. The highest BCUT2D eigenvalue weighted by Crippen LogP contribution is 2.65.